The number of aryl methyl sites for hydroxylation is 1. The summed E-state index contributed by atoms with van der Waals surface area (Å²) in [5, 5.41) is 10.2. The van der Waals surface area contributed by atoms with Gasteiger partial charge in [0.05, 0.1) is 13.6 Å². The van der Waals surface area contributed by atoms with Crippen LogP contribution in [0.15, 0.2) is 48.1 Å². The van der Waals surface area contributed by atoms with E-state index in [9.17, 15) is 18.0 Å². The quantitative estimate of drug-likeness (QED) is 0.401. The lowest BCUT2D eigenvalue weighted by Gasteiger charge is -2.17. The Morgan fingerprint density at radius 1 is 1.19 bits per heavy atom. The normalized spacial score (nSPS) is 14.8. The molecule has 0 unspecified atom stereocenters. The molecule has 1 aliphatic rings. The van der Waals surface area contributed by atoms with E-state index in [2.05, 4.69) is 48.8 Å². The first-order chi connectivity index (χ1) is 15.5. The molecule has 0 saturated carbocycles. The Balaban J connectivity index is 0.000000944. The molecular formula is C26H36F3NO2. The number of halogens is 3. The van der Waals surface area contributed by atoms with E-state index in [1.54, 1.807) is 0 Å². The van der Waals surface area contributed by atoms with Crippen LogP contribution in [0.2, 0.25) is 0 Å². The molecule has 1 aliphatic carbocycles. The monoisotopic (exact) mass is 451 g/mol. The molecule has 0 fully saturated rings. The molecule has 0 aliphatic heterocycles. The predicted octanol–water partition coefficient (Wildman–Crippen LogP) is 7.52. The summed E-state index contributed by atoms with van der Waals surface area (Å²) < 4.78 is 31.1. The molecule has 178 valence electrons. The molecule has 0 bridgehead atoms. The third-order valence-electron chi connectivity index (χ3n) is 5.62. The second kappa shape index (κ2) is 15.3. The molecule has 1 N–H and O–H groups in total. The third-order valence-corrected chi connectivity index (χ3v) is 5.62. The highest BCUT2D eigenvalue weighted by atomic mass is 19.3. The minimum Gasteiger partial charge on any atom is -0.481 e. The molecule has 1 atom stereocenters. The summed E-state index contributed by atoms with van der Waals surface area (Å²) in [4.78, 5) is 11.1. The van der Waals surface area contributed by atoms with Crippen molar-refractivity contribution in [3.05, 3.63) is 59.3 Å². The largest absolute Gasteiger partial charge is 0.481 e. The fourth-order valence-electron chi connectivity index (χ4n) is 4.06. The van der Waals surface area contributed by atoms with Crippen LogP contribution < -0.4 is 0 Å². The van der Waals surface area contributed by atoms with E-state index in [-0.39, 0.29) is 6.42 Å². The number of fused-ring (bicyclic) bond motifs is 1. The van der Waals surface area contributed by atoms with Gasteiger partial charge in [-0.2, -0.15) is 0 Å². The summed E-state index contributed by atoms with van der Waals surface area (Å²) in [5.41, 5.74) is 4.55. The number of carboxylic acids is 1. The van der Waals surface area contributed by atoms with E-state index in [0.29, 0.717) is 13.1 Å². The molecule has 1 aromatic carbocycles. The first-order valence-electron chi connectivity index (χ1n) is 11.2. The lowest BCUT2D eigenvalue weighted by molar-refractivity contribution is -0.136. The van der Waals surface area contributed by atoms with Crippen LogP contribution >= 0.6 is 0 Å². The first kappa shape index (κ1) is 27.5. The Morgan fingerprint density at radius 2 is 1.91 bits per heavy atom. The Hall–Kier alpha value is -2.50. The molecule has 3 nitrogen and oxygen atoms in total. The molecule has 2 aromatic rings. The van der Waals surface area contributed by atoms with Crippen molar-refractivity contribution in [2.75, 3.05) is 14.1 Å². The Kier molecular flexibility index (Phi) is 13.2. The van der Waals surface area contributed by atoms with Gasteiger partial charge in [0.2, 0.25) is 6.93 Å². The van der Waals surface area contributed by atoms with Gasteiger partial charge in [-0.15, -0.1) is 0 Å². The van der Waals surface area contributed by atoms with Gasteiger partial charge in [-0.05, 0) is 49.0 Å². The average molecular weight is 452 g/mol. The van der Waals surface area contributed by atoms with Crippen LogP contribution in [-0.2, 0) is 17.8 Å². The Labute approximate surface area is 189 Å². The minimum atomic E-state index is -1.75. The zero-order valence-electron chi connectivity index (χ0n) is 19.4. The van der Waals surface area contributed by atoms with Crippen molar-refractivity contribution in [3.8, 4) is 0 Å². The highest BCUT2D eigenvalue weighted by Gasteiger charge is 2.14. The van der Waals surface area contributed by atoms with Gasteiger partial charge < -0.3 is 9.67 Å². The fraction of sp³-hybridized carbons (Fsp3) is 0.500. The zero-order valence-corrected chi connectivity index (χ0v) is 19.4. The lowest BCUT2D eigenvalue weighted by Crippen LogP contribution is -2.06. The van der Waals surface area contributed by atoms with Gasteiger partial charge in [0.1, 0.15) is 0 Å². The van der Waals surface area contributed by atoms with Gasteiger partial charge in [-0.3, -0.25) is 9.18 Å². The Bertz CT molecular complexity index is 887. The summed E-state index contributed by atoms with van der Waals surface area (Å²) in [6.07, 6.45) is 14.9. The standard InChI is InChI=1S/C24H31NO2.CH2F2.CH3F/c1-3-4-5-6-8-19-11-13-20(14-12-19)17-25-18(2)15-22-21(16-24(26)27)9-7-10-23(22)25;2-1-3;1-2/h7,9-11,13-15,19H,3-6,8,12,16-17H2,1-2H3,(H,26,27);1H2;1H3/t19-;;/m1../s1. The topological polar surface area (TPSA) is 42.2 Å². The number of carbonyl (C=O) groups is 1. The van der Waals surface area contributed by atoms with E-state index in [4.69, 9.17) is 5.11 Å². The number of alkyl halides is 3. The van der Waals surface area contributed by atoms with Crippen LogP contribution in [0.1, 0.15) is 56.7 Å². The van der Waals surface area contributed by atoms with Gasteiger partial charge in [-0.1, -0.05) is 63.0 Å². The molecule has 1 heterocycles. The second-order valence-corrected chi connectivity index (χ2v) is 7.88. The van der Waals surface area contributed by atoms with E-state index >= 15 is 0 Å². The second-order valence-electron chi connectivity index (χ2n) is 7.88. The number of nitrogens with zero attached hydrogens (tertiary/aromatic N) is 1. The van der Waals surface area contributed by atoms with Crippen molar-refractivity contribution in [1.29, 1.82) is 0 Å². The van der Waals surface area contributed by atoms with Crippen molar-refractivity contribution in [3.63, 3.8) is 0 Å². The van der Waals surface area contributed by atoms with Crippen LogP contribution in [-0.4, -0.2) is 29.7 Å². The molecule has 0 spiro atoms. The van der Waals surface area contributed by atoms with Crippen molar-refractivity contribution >= 4 is 16.9 Å². The van der Waals surface area contributed by atoms with Crippen LogP contribution in [0.5, 0.6) is 0 Å². The van der Waals surface area contributed by atoms with Crippen molar-refractivity contribution in [2.24, 2.45) is 5.92 Å². The number of allylic oxidation sites excluding steroid dienone is 4. The van der Waals surface area contributed by atoms with Gasteiger partial charge in [0.25, 0.3) is 0 Å². The van der Waals surface area contributed by atoms with Crippen LogP contribution in [0, 0.1) is 12.8 Å². The number of hydrogen-bond acceptors (Lipinski definition) is 1. The number of benzene rings is 1. The minimum absolute atomic E-state index is 0.0725. The van der Waals surface area contributed by atoms with E-state index in [1.807, 2.05) is 12.1 Å². The van der Waals surface area contributed by atoms with Crippen LogP contribution in [0.25, 0.3) is 10.9 Å². The number of aromatic nitrogens is 1. The smallest absolute Gasteiger partial charge is 0.307 e. The molecule has 0 saturated heterocycles. The highest BCUT2D eigenvalue weighted by molar-refractivity contribution is 5.88. The summed E-state index contributed by atoms with van der Waals surface area (Å²) in [6, 6.07) is 8.10. The van der Waals surface area contributed by atoms with E-state index in [0.717, 1.165) is 29.4 Å². The van der Waals surface area contributed by atoms with Crippen LogP contribution in [0.3, 0.4) is 0 Å². The van der Waals surface area contributed by atoms with E-state index in [1.165, 1.54) is 43.4 Å². The molecule has 1 aromatic heterocycles. The Morgan fingerprint density at radius 3 is 2.50 bits per heavy atom. The summed E-state index contributed by atoms with van der Waals surface area (Å²) in [6.45, 7) is 3.46. The van der Waals surface area contributed by atoms with Gasteiger partial charge in [0, 0.05) is 23.1 Å². The van der Waals surface area contributed by atoms with Crippen molar-refractivity contribution < 1.29 is 23.1 Å². The van der Waals surface area contributed by atoms with Gasteiger partial charge in [-0.25, -0.2) is 8.78 Å². The number of rotatable bonds is 9. The number of carboxylic acid groups (broad SMARTS) is 1. The predicted molar refractivity (Wildman–Crippen MR) is 126 cm³/mol. The lowest BCUT2D eigenvalue weighted by atomic mass is 9.91. The molecule has 0 amide bonds. The van der Waals surface area contributed by atoms with E-state index < -0.39 is 12.9 Å². The third kappa shape index (κ3) is 8.56. The maximum atomic E-state index is 11.1. The van der Waals surface area contributed by atoms with Crippen LogP contribution in [0.4, 0.5) is 13.2 Å². The average Bonchev–Trinajstić information content (AvgIpc) is 3.10. The maximum Gasteiger partial charge on any atom is 0.307 e. The van der Waals surface area contributed by atoms with Crippen molar-refractivity contribution in [1.82, 2.24) is 4.57 Å². The van der Waals surface area contributed by atoms with Crippen molar-refractivity contribution in [2.45, 2.75) is 65.3 Å². The summed E-state index contributed by atoms with van der Waals surface area (Å²) in [7, 11) is 0.500. The highest BCUT2D eigenvalue weighted by Crippen LogP contribution is 2.27. The number of hydrogen-bond donors (Lipinski definition) is 1. The first-order valence-corrected chi connectivity index (χ1v) is 11.2. The molecular weight excluding hydrogens is 415 g/mol. The zero-order chi connectivity index (χ0) is 23.9. The van der Waals surface area contributed by atoms with Gasteiger partial charge >= 0.3 is 5.97 Å². The molecule has 6 heteroatoms. The molecule has 32 heavy (non-hydrogen) atoms. The maximum absolute atomic E-state index is 11.1. The SMILES string of the molecule is CCCCCC[C@@H]1C=CC(Cn2c(C)cc3c(CC(=O)O)cccc32)=CC1.CF.FCF. The fourth-order valence-corrected chi connectivity index (χ4v) is 4.06. The number of aliphatic carboxylic acids is 1. The summed E-state index contributed by atoms with van der Waals surface area (Å²) in [5.74, 6) is -0.0916. The molecule has 0 radical (unpaired) electrons. The van der Waals surface area contributed by atoms with Gasteiger partial charge in [0.15, 0.2) is 0 Å². The summed E-state index contributed by atoms with van der Waals surface area (Å²) >= 11 is 0. The number of unbranched alkanes of at least 4 members (excludes halogenated alkanes) is 3. The molecule has 3 rings (SSSR count).